The number of halogens is 3. The van der Waals surface area contributed by atoms with Crippen LogP contribution >= 0.6 is 0 Å². The van der Waals surface area contributed by atoms with E-state index in [1.807, 2.05) is 23.1 Å². The van der Waals surface area contributed by atoms with E-state index in [9.17, 15) is 13.2 Å². The molecule has 3 nitrogen and oxygen atoms in total. The predicted octanol–water partition coefficient (Wildman–Crippen LogP) is 3.19. The Morgan fingerprint density at radius 3 is 2.40 bits per heavy atom. The smallest absolute Gasteiger partial charge is 0.389 e. The molecule has 0 aliphatic carbocycles. The van der Waals surface area contributed by atoms with E-state index in [4.69, 9.17) is 10.5 Å². The number of nitrogens with two attached hydrogens (primary N) is 1. The van der Waals surface area contributed by atoms with Gasteiger partial charge in [0.2, 0.25) is 0 Å². The van der Waals surface area contributed by atoms with Crippen molar-refractivity contribution in [2.24, 2.45) is 5.73 Å². The van der Waals surface area contributed by atoms with Crippen LogP contribution in [0.2, 0.25) is 0 Å². The first-order valence-corrected chi connectivity index (χ1v) is 6.62. The number of anilines is 1. The summed E-state index contributed by atoms with van der Waals surface area (Å²) >= 11 is 0. The molecule has 0 amide bonds. The summed E-state index contributed by atoms with van der Waals surface area (Å²) in [5.74, 6) is 0.663. The van der Waals surface area contributed by atoms with Gasteiger partial charge in [0.05, 0.1) is 12.8 Å². The fraction of sp³-hybridized carbons (Fsp3) is 0.571. The highest BCUT2D eigenvalue weighted by Gasteiger charge is 2.26. The van der Waals surface area contributed by atoms with E-state index in [0.717, 1.165) is 12.1 Å². The maximum absolute atomic E-state index is 12.2. The molecule has 2 N–H and O–H groups in total. The van der Waals surface area contributed by atoms with Crippen LogP contribution in [-0.4, -0.2) is 32.9 Å². The van der Waals surface area contributed by atoms with Gasteiger partial charge in [-0.25, -0.2) is 0 Å². The highest BCUT2D eigenvalue weighted by atomic mass is 19.4. The molecule has 0 fully saturated rings. The van der Waals surface area contributed by atoms with Gasteiger partial charge in [0.25, 0.3) is 0 Å². The first kappa shape index (κ1) is 16.6. The lowest BCUT2D eigenvalue weighted by Crippen LogP contribution is -2.28. The van der Waals surface area contributed by atoms with Crippen molar-refractivity contribution >= 4 is 5.69 Å². The first-order valence-electron chi connectivity index (χ1n) is 6.62. The summed E-state index contributed by atoms with van der Waals surface area (Å²) in [4.78, 5) is 1.90. The van der Waals surface area contributed by atoms with E-state index in [2.05, 4.69) is 0 Å². The van der Waals surface area contributed by atoms with Crippen LogP contribution in [0.5, 0.6) is 5.75 Å². The molecule has 114 valence electrons. The molecule has 1 aromatic rings. The minimum Gasteiger partial charge on any atom is -0.495 e. The molecule has 6 heteroatoms. The minimum atomic E-state index is -4.11. The van der Waals surface area contributed by atoms with Crippen LogP contribution in [0.25, 0.3) is 0 Å². The summed E-state index contributed by atoms with van der Waals surface area (Å²) in [6, 6.07) is 7.33. The Hall–Kier alpha value is -1.43. The number of benzene rings is 1. The van der Waals surface area contributed by atoms with Crippen LogP contribution in [0.1, 0.15) is 19.3 Å². The number of alkyl halides is 3. The maximum atomic E-state index is 12.2. The maximum Gasteiger partial charge on any atom is 0.389 e. The topological polar surface area (TPSA) is 38.5 Å². The van der Waals surface area contributed by atoms with Crippen molar-refractivity contribution in [3.05, 3.63) is 24.3 Å². The van der Waals surface area contributed by atoms with Crippen LogP contribution in [0.4, 0.5) is 18.9 Å². The molecular formula is C14H21F3N2O. The molecule has 0 radical (unpaired) electrons. The number of hydrogen-bond acceptors (Lipinski definition) is 3. The van der Waals surface area contributed by atoms with Crippen LogP contribution in [-0.2, 0) is 0 Å². The van der Waals surface area contributed by atoms with E-state index in [1.165, 1.54) is 0 Å². The van der Waals surface area contributed by atoms with Crippen molar-refractivity contribution in [2.45, 2.75) is 25.4 Å². The second-order valence-corrected chi connectivity index (χ2v) is 4.52. The Labute approximate surface area is 117 Å². The van der Waals surface area contributed by atoms with Crippen LogP contribution < -0.4 is 15.4 Å². The van der Waals surface area contributed by atoms with Crippen LogP contribution in [0.15, 0.2) is 24.3 Å². The van der Waals surface area contributed by atoms with Gasteiger partial charge in [-0.1, -0.05) is 12.1 Å². The first-order chi connectivity index (χ1) is 9.48. The average molecular weight is 290 g/mol. The molecule has 20 heavy (non-hydrogen) atoms. The zero-order valence-corrected chi connectivity index (χ0v) is 11.6. The quantitative estimate of drug-likeness (QED) is 0.799. The zero-order chi connectivity index (χ0) is 15.0. The van der Waals surface area contributed by atoms with Crippen molar-refractivity contribution < 1.29 is 17.9 Å². The Balaban J connectivity index is 2.72. The Kier molecular flexibility index (Phi) is 6.64. The predicted molar refractivity (Wildman–Crippen MR) is 74.2 cm³/mol. The summed E-state index contributed by atoms with van der Waals surface area (Å²) < 4.78 is 42.0. The lowest BCUT2D eigenvalue weighted by molar-refractivity contribution is -0.135. The van der Waals surface area contributed by atoms with Crippen molar-refractivity contribution in [1.29, 1.82) is 0 Å². The van der Waals surface area contributed by atoms with Gasteiger partial charge in [-0.05, 0) is 31.5 Å². The molecule has 0 aliphatic heterocycles. The van der Waals surface area contributed by atoms with Crippen molar-refractivity contribution in [3.8, 4) is 5.75 Å². The monoisotopic (exact) mass is 290 g/mol. The molecule has 0 bridgehead atoms. The molecule has 0 saturated carbocycles. The standard InChI is InChI=1S/C14H21F3N2O/c1-20-13-7-3-2-6-12(13)19(11-5-9-18)10-4-8-14(15,16)17/h2-3,6-7H,4-5,8-11,18H2,1H3. The van der Waals surface area contributed by atoms with Crippen molar-refractivity contribution in [3.63, 3.8) is 0 Å². The van der Waals surface area contributed by atoms with Crippen molar-refractivity contribution in [2.75, 3.05) is 31.6 Å². The summed E-state index contributed by atoms with van der Waals surface area (Å²) in [6.45, 7) is 1.46. The highest BCUT2D eigenvalue weighted by molar-refractivity contribution is 5.58. The SMILES string of the molecule is COc1ccccc1N(CCCN)CCCC(F)(F)F. The molecule has 0 heterocycles. The molecule has 1 rings (SSSR count). The largest absolute Gasteiger partial charge is 0.495 e. The fourth-order valence-corrected chi connectivity index (χ4v) is 2.00. The number of rotatable bonds is 8. The van der Waals surface area contributed by atoms with Gasteiger partial charge in [-0.2, -0.15) is 13.2 Å². The lowest BCUT2D eigenvalue weighted by Gasteiger charge is -2.26. The number of ether oxygens (including phenoxy) is 1. The average Bonchev–Trinajstić information content (AvgIpc) is 2.41. The van der Waals surface area contributed by atoms with E-state index in [1.54, 1.807) is 13.2 Å². The van der Waals surface area contributed by atoms with Crippen LogP contribution in [0, 0.1) is 0 Å². The second kappa shape index (κ2) is 7.99. The molecule has 0 aromatic heterocycles. The van der Waals surface area contributed by atoms with Gasteiger partial charge in [0.15, 0.2) is 0 Å². The normalized spacial score (nSPS) is 11.4. The van der Waals surface area contributed by atoms with Crippen LogP contribution in [0.3, 0.4) is 0 Å². The van der Waals surface area contributed by atoms with E-state index in [0.29, 0.717) is 25.4 Å². The van der Waals surface area contributed by atoms with Gasteiger partial charge in [0, 0.05) is 19.5 Å². The van der Waals surface area contributed by atoms with Crippen molar-refractivity contribution in [1.82, 2.24) is 0 Å². The Bertz CT molecular complexity index is 396. The van der Waals surface area contributed by atoms with Gasteiger partial charge >= 0.3 is 6.18 Å². The highest BCUT2D eigenvalue weighted by Crippen LogP contribution is 2.29. The van der Waals surface area contributed by atoms with Gasteiger partial charge in [-0.15, -0.1) is 0 Å². The van der Waals surface area contributed by atoms with Gasteiger partial charge < -0.3 is 15.4 Å². The number of nitrogens with zero attached hydrogens (tertiary/aromatic N) is 1. The van der Waals surface area contributed by atoms with E-state index < -0.39 is 12.6 Å². The molecule has 0 aliphatic rings. The van der Waals surface area contributed by atoms with Gasteiger partial charge in [-0.3, -0.25) is 0 Å². The Morgan fingerprint density at radius 2 is 1.80 bits per heavy atom. The fourth-order valence-electron chi connectivity index (χ4n) is 2.00. The summed E-state index contributed by atoms with van der Waals surface area (Å²) in [5, 5.41) is 0. The van der Waals surface area contributed by atoms with E-state index in [-0.39, 0.29) is 6.42 Å². The zero-order valence-electron chi connectivity index (χ0n) is 11.6. The minimum absolute atomic E-state index is 0.0616. The van der Waals surface area contributed by atoms with E-state index >= 15 is 0 Å². The summed E-state index contributed by atoms with van der Waals surface area (Å²) in [6.07, 6.45) is -4.10. The Morgan fingerprint density at radius 1 is 1.15 bits per heavy atom. The number of hydrogen-bond donors (Lipinski definition) is 1. The molecule has 0 spiro atoms. The molecule has 1 aromatic carbocycles. The third-order valence-corrected chi connectivity index (χ3v) is 2.95. The molecule has 0 atom stereocenters. The third kappa shape index (κ3) is 5.69. The molecule has 0 unspecified atom stereocenters. The molecular weight excluding hydrogens is 269 g/mol. The van der Waals surface area contributed by atoms with Gasteiger partial charge in [0.1, 0.15) is 5.75 Å². The molecule has 0 saturated heterocycles. The number of para-hydroxylation sites is 2. The lowest BCUT2D eigenvalue weighted by atomic mass is 10.2. The third-order valence-electron chi connectivity index (χ3n) is 2.95. The second-order valence-electron chi connectivity index (χ2n) is 4.52. The summed E-state index contributed by atoms with van der Waals surface area (Å²) in [7, 11) is 1.55. The summed E-state index contributed by atoms with van der Waals surface area (Å²) in [5.41, 5.74) is 6.30. The number of methoxy groups -OCH3 is 1.